The summed E-state index contributed by atoms with van der Waals surface area (Å²) in [6, 6.07) is 6.80. The van der Waals surface area contributed by atoms with Crippen LogP contribution in [0.25, 0.3) is 6.08 Å². The molecule has 0 saturated heterocycles. The van der Waals surface area contributed by atoms with Crippen molar-refractivity contribution in [3.05, 3.63) is 35.9 Å². The van der Waals surface area contributed by atoms with E-state index >= 15 is 0 Å². The lowest BCUT2D eigenvalue weighted by atomic mass is 10.2. The summed E-state index contributed by atoms with van der Waals surface area (Å²) in [5, 5.41) is 8.40. The Morgan fingerprint density at radius 1 is 1.31 bits per heavy atom. The molecule has 1 N–H and O–H groups in total. The highest BCUT2D eigenvalue weighted by molar-refractivity contribution is 5.91. The molecular formula is C12H12O4. The van der Waals surface area contributed by atoms with E-state index in [1.54, 1.807) is 30.3 Å². The van der Waals surface area contributed by atoms with Gasteiger partial charge in [-0.15, -0.1) is 0 Å². The van der Waals surface area contributed by atoms with Crippen molar-refractivity contribution in [2.45, 2.75) is 6.92 Å². The fourth-order valence-electron chi connectivity index (χ4n) is 1.03. The van der Waals surface area contributed by atoms with Crippen molar-refractivity contribution in [1.82, 2.24) is 0 Å². The van der Waals surface area contributed by atoms with Crippen molar-refractivity contribution < 1.29 is 19.4 Å². The summed E-state index contributed by atoms with van der Waals surface area (Å²) in [7, 11) is 0. The van der Waals surface area contributed by atoms with Gasteiger partial charge in [-0.1, -0.05) is 18.2 Å². The van der Waals surface area contributed by atoms with Gasteiger partial charge in [0, 0.05) is 0 Å². The quantitative estimate of drug-likeness (QED) is 0.768. The molecule has 0 heterocycles. The molecule has 0 aliphatic heterocycles. The standard InChI is InChI=1S/C12H12O4/c1-9(13)2-3-10-4-6-11(7-5-10)16-8-12(14)15/h2-7H,8H2,1H3,(H,14,15)/b3-2+. The van der Waals surface area contributed by atoms with Crippen molar-refractivity contribution in [2.75, 3.05) is 6.61 Å². The van der Waals surface area contributed by atoms with Gasteiger partial charge in [-0.05, 0) is 30.7 Å². The molecule has 0 unspecified atom stereocenters. The van der Waals surface area contributed by atoms with Gasteiger partial charge in [0.25, 0.3) is 0 Å². The van der Waals surface area contributed by atoms with Gasteiger partial charge in [0.1, 0.15) is 5.75 Å². The van der Waals surface area contributed by atoms with E-state index in [0.29, 0.717) is 5.75 Å². The molecule has 0 aliphatic rings. The summed E-state index contributed by atoms with van der Waals surface area (Å²) < 4.78 is 4.96. The largest absolute Gasteiger partial charge is 0.482 e. The van der Waals surface area contributed by atoms with Crippen LogP contribution in [0.15, 0.2) is 30.3 Å². The molecule has 0 aliphatic carbocycles. The lowest BCUT2D eigenvalue weighted by molar-refractivity contribution is -0.139. The third-order valence-corrected chi connectivity index (χ3v) is 1.75. The Labute approximate surface area is 93.2 Å². The number of aliphatic carboxylic acids is 1. The average Bonchev–Trinajstić information content (AvgIpc) is 2.25. The highest BCUT2D eigenvalue weighted by Crippen LogP contribution is 2.13. The number of hydrogen-bond donors (Lipinski definition) is 1. The Morgan fingerprint density at radius 3 is 2.44 bits per heavy atom. The molecule has 84 valence electrons. The van der Waals surface area contributed by atoms with Crippen LogP contribution in [0.1, 0.15) is 12.5 Å². The Hall–Kier alpha value is -2.10. The number of allylic oxidation sites excluding steroid dienone is 1. The van der Waals surface area contributed by atoms with Crippen LogP contribution in [-0.4, -0.2) is 23.5 Å². The lowest BCUT2D eigenvalue weighted by Gasteiger charge is -2.02. The molecule has 0 amide bonds. The third kappa shape index (κ3) is 4.41. The van der Waals surface area contributed by atoms with Gasteiger partial charge < -0.3 is 9.84 Å². The fourth-order valence-corrected chi connectivity index (χ4v) is 1.03. The maximum absolute atomic E-state index is 10.7. The zero-order valence-electron chi connectivity index (χ0n) is 8.84. The Morgan fingerprint density at radius 2 is 1.94 bits per heavy atom. The first kappa shape index (κ1) is 12.0. The lowest BCUT2D eigenvalue weighted by Crippen LogP contribution is -2.09. The molecule has 1 aromatic rings. The molecule has 16 heavy (non-hydrogen) atoms. The first-order valence-corrected chi connectivity index (χ1v) is 4.71. The second-order valence-electron chi connectivity index (χ2n) is 3.20. The van der Waals surface area contributed by atoms with Gasteiger partial charge in [0.05, 0.1) is 0 Å². The maximum atomic E-state index is 10.7. The van der Waals surface area contributed by atoms with Gasteiger partial charge in [-0.3, -0.25) is 4.79 Å². The van der Waals surface area contributed by atoms with Gasteiger partial charge in [0.15, 0.2) is 12.4 Å². The highest BCUT2D eigenvalue weighted by atomic mass is 16.5. The Kier molecular flexibility index (Phi) is 4.27. The average molecular weight is 220 g/mol. The topological polar surface area (TPSA) is 63.6 Å². The van der Waals surface area contributed by atoms with Crippen LogP contribution in [0.2, 0.25) is 0 Å². The van der Waals surface area contributed by atoms with E-state index < -0.39 is 5.97 Å². The summed E-state index contributed by atoms with van der Waals surface area (Å²) in [4.78, 5) is 20.9. The summed E-state index contributed by atoms with van der Waals surface area (Å²) >= 11 is 0. The summed E-state index contributed by atoms with van der Waals surface area (Å²) in [5.74, 6) is -0.547. The number of carboxylic acid groups (broad SMARTS) is 1. The number of carboxylic acids is 1. The molecule has 0 spiro atoms. The van der Waals surface area contributed by atoms with Crippen LogP contribution in [0, 0.1) is 0 Å². The van der Waals surface area contributed by atoms with E-state index in [2.05, 4.69) is 0 Å². The monoisotopic (exact) mass is 220 g/mol. The van der Waals surface area contributed by atoms with Crippen LogP contribution >= 0.6 is 0 Å². The van der Waals surface area contributed by atoms with Gasteiger partial charge >= 0.3 is 5.97 Å². The number of ketones is 1. The third-order valence-electron chi connectivity index (χ3n) is 1.75. The number of carbonyl (C=O) groups is 2. The van der Waals surface area contributed by atoms with Crippen molar-refractivity contribution in [1.29, 1.82) is 0 Å². The molecule has 4 nitrogen and oxygen atoms in total. The van der Waals surface area contributed by atoms with Gasteiger partial charge in [-0.25, -0.2) is 4.79 Å². The van der Waals surface area contributed by atoms with Crippen LogP contribution < -0.4 is 4.74 Å². The number of carbonyl (C=O) groups excluding carboxylic acids is 1. The van der Waals surface area contributed by atoms with Crippen LogP contribution in [0.5, 0.6) is 5.75 Å². The molecule has 0 aromatic heterocycles. The minimum absolute atomic E-state index is 0.0220. The normalized spacial score (nSPS) is 10.3. The number of benzene rings is 1. The van der Waals surface area contributed by atoms with Crippen LogP contribution in [0.4, 0.5) is 0 Å². The molecule has 0 fully saturated rings. The zero-order valence-corrected chi connectivity index (χ0v) is 8.84. The van der Waals surface area contributed by atoms with E-state index in [-0.39, 0.29) is 12.4 Å². The van der Waals surface area contributed by atoms with Crippen molar-refractivity contribution in [2.24, 2.45) is 0 Å². The van der Waals surface area contributed by atoms with Gasteiger partial charge in [-0.2, -0.15) is 0 Å². The molecule has 1 rings (SSSR count). The smallest absolute Gasteiger partial charge is 0.341 e. The molecular weight excluding hydrogens is 208 g/mol. The summed E-state index contributed by atoms with van der Waals surface area (Å²) in [5.41, 5.74) is 0.859. The van der Waals surface area contributed by atoms with Gasteiger partial charge in [0.2, 0.25) is 0 Å². The van der Waals surface area contributed by atoms with E-state index in [9.17, 15) is 9.59 Å². The molecule has 0 bridgehead atoms. The van der Waals surface area contributed by atoms with Crippen LogP contribution in [-0.2, 0) is 9.59 Å². The Balaban J connectivity index is 2.60. The minimum atomic E-state index is -1.01. The molecule has 0 saturated carbocycles. The van der Waals surface area contributed by atoms with Crippen molar-refractivity contribution in [3.63, 3.8) is 0 Å². The summed E-state index contributed by atoms with van der Waals surface area (Å²) in [6.07, 6.45) is 3.15. The van der Waals surface area contributed by atoms with E-state index in [1.165, 1.54) is 13.0 Å². The SMILES string of the molecule is CC(=O)/C=C/c1ccc(OCC(=O)O)cc1. The van der Waals surface area contributed by atoms with E-state index in [0.717, 1.165) is 5.56 Å². The van der Waals surface area contributed by atoms with E-state index in [1.807, 2.05) is 0 Å². The van der Waals surface area contributed by atoms with Crippen molar-refractivity contribution >= 4 is 17.8 Å². The zero-order chi connectivity index (χ0) is 12.0. The molecule has 4 heteroatoms. The number of hydrogen-bond acceptors (Lipinski definition) is 3. The highest BCUT2D eigenvalue weighted by Gasteiger charge is 1.98. The van der Waals surface area contributed by atoms with Crippen LogP contribution in [0.3, 0.4) is 0 Å². The second-order valence-corrected chi connectivity index (χ2v) is 3.20. The number of ether oxygens (including phenoxy) is 1. The maximum Gasteiger partial charge on any atom is 0.341 e. The first-order valence-electron chi connectivity index (χ1n) is 4.71. The number of rotatable bonds is 5. The second kappa shape index (κ2) is 5.70. The first-order chi connectivity index (χ1) is 7.58. The minimum Gasteiger partial charge on any atom is -0.482 e. The van der Waals surface area contributed by atoms with Crippen molar-refractivity contribution in [3.8, 4) is 5.75 Å². The summed E-state index contributed by atoms with van der Waals surface area (Å²) in [6.45, 7) is 1.11. The molecule has 0 radical (unpaired) electrons. The Bertz CT molecular complexity index is 404. The predicted octanol–water partition coefficient (Wildman–Crippen LogP) is 1.75. The fraction of sp³-hybridized carbons (Fsp3) is 0.167. The molecule has 0 atom stereocenters. The molecule has 1 aromatic carbocycles. The van der Waals surface area contributed by atoms with E-state index in [4.69, 9.17) is 9.84 Å². The predicted molar refractivity (Wildman–Crippen MR) is 59.3 cm³/mol.